The molecule has 0 aromatic heterocycles. The van der Waals surface area contributed by atoms with Crippen LogP contribution in [0.1, 0.15) is 24.3 Å². The number of hydrogen-bond acceptors (Lipinski definition) is 1. The van der Waals surface area contributed by atoms with Gasteiger partial charge in [0.1, 0.15) is 5.82 Å². The van der Waals surface area contributed by atoms with E-state index >= 15 is 0 Å². The van der Waals surface area contributed by atoms with Crippen LogP contribution in [-0.4, -0.2) is 13.1 Å². The summed E-state index contributed by atoms with van der Waals surface area (Å²) in [5.41, 5.74) is 1.31. The molecule has 1 aliphatic heterocycles. The molecule has 0 spiro atoms. The SMILES string of the molecule is Fc1ccc2cccc(C3CCNCC3)c2c1. The Morgan fingerprint density at radius 1 is 1.06 bits per heavy atom. The molecule has 1 heterocycles. The molecule has 1 N–H and O–H groups in total. The Morgan fingerprint density at radius 3 is 2.71 bits per heavy atom. The lowest BCUT2D eigenvalue weighted by molar-refractivity contribution is 0.462. The van der Waals surface area contributed by atoms with Crippen LogP contribution in [0.25, 0.3) is 10.8 Å². The summed E-state index contributed by atoms with van der Waals surface area (Å²) in [5.74, 6) is 0.431. The van der Waals surface area contributed by atoms with Crippen molar-refractivity contribution < 1.29 is 4.39 Å². The number of fused-ring (bicyclic) bond motifs is 1. The Balaban J connectivity index is 2.11. The summed E-state index contributed by atoms with van der Waals surface area (Å²) < 4.78 is 13.4. The molecule has 88 valence electrons. The zero-order chi connectivity index (χ0) is 11.7. The fourth-order valence-electron chi connectivity index (χ4n) is 2.76. The van der Waals surface area contributed by atoms with Crippen molar-refractivity contribution in [3.05, 3.63) is 47.8 Å². The maximum Gasteiger partial charge on any atom is 0.123 e. The molecule has 2 aromatic rings. The highest BCUT2D eigenvalue weighted by Gasteiger charge is 2.17. The number of piperidine rings is 1. The van der Waals surface area contributed by atoms with E-state index in [-0.39, 0.29) is 5.82 Å². The average Bonchev–Trinajstić information content (AvgIpc) is 2.39. The molecule has 0 saturated carbocycles. The largest absolute Gasteiger partial charge is 0.317 e. The Kier molecular flexibility index (Phi) is 2.81. The zero-order valence-electron chi connectivity index (χ0n) is 9.75. The third kappa shape index (κ3) is 2.05. The average molecular weight is 229 g/mol. The highest BCUT2D eigenvalue weighted by atomic mass is 19.1. The number of nitrogens with one attached hydrogen (secondary N) is 1. The summed E-state index contributed by atoms with van der Waals surface area (Å²) in [6, 6.07) is 11.4. The van der Waals surface area contributed by atoms with E-state index < -0.39 is 0 Å². The van der Waals surface area contributed by atoms with E-state index in [1.54, 1.807) is 6.07 Å². The molecule has 1 nitrogen and oxygen atoms in total. The Morgan fingerprint density at radius 2 is 1.88 bits per heavy atom. The first-order valence-corrected chi connectivity index (χ1v) is 6.23. The molecule has 0 amide bonds. The molecule has 17 heavy (non-hydrogen) atoms. The van der Waals surface area contributed by atoms with Gasteiger partial charge in [0.15, 0.2) is 0 Å². The van der Waals surface area contributed by atoms with Gasteiger partial charge in [-0.15, -0.1) is 0 Å². The third-order valence-electron chi connectivity index (χ3n) is 3.66. The van der Waals surface area contributed by atoms with Gasteiger partial charge in [-0.25, -0.2) is 4.39 Å². The molecular weight excluding hydrogens is 213 g/mol. The van der Waals surface area contributed by atoms with Crippen molar-refractivity contribution in [2.24, 2.45) is 0 Å². The maximum absolute atomic E-state index is 13.4. The minimum absolute atomic E-state index is 0.140. The molecule has 0 radical (unpaired) electrons. The van der Waals surface area contributed by atoms with Gasteiger partial charge in [0, 0.05) is 0 Å². The van der Waals surface area contributed by atoms with Crippen LogP contribution in [0.2, 0.25) is 0 Å². The summed E-state index contributed by atoms with van der Waals surface area (Å²) in [7, 11) is 0. The summed E-state index contributed by atoms with van der Waals surface area (Å²) in [5, 5.41) is 5.59. The van der Waals surface area contributed by atoms with Gasteiger partial charge in [-0.2, -0.15) is 0 Å². The minimum Gasteiger partial charge on any atom is -0.317 e. The predicted octanol–water partition coefficient (Wildman–Crippen LogP) is 3.45. The molecule has 2 aromatic carbocycles. The Bertz CT molecular complexity index is 529. The van der Waals surface area contributed by atoms with Crippen LogP contribution in [0, 0.1) is 5.82 Å². The van der Waals surface area contributed by atoms with Gasteiger partial charge in [-0.3, -0.25) is 0 Å². The van der Waals surface area contributed by atoms with Crippen molar-refractivity contribution in [3.63, 3.8) is 0 Å². The van der Waals surface area contributed by atoms with E-state index in [1.807, 2.05) is 6.07 Å². The molecule has 2 heteroatoms. The zero-order valence-corrected chi connectivity index (χ0v) is 9.75. The van der Waals surface area contributed by atoms with Gasteiger partial charge < -0.3 is 5.32 Å². The van der Waals surface area contributed by atoms with Crippen LogP contribution >= 0.6 is 0 Å². The Hall–Kier alpha value is -1.41. The second-order valence-electron chi connectivity index (χ2n) is 4.74. The van der Waals surface area contributed by atoms with Crippen molar-refractivity contribution in [3.8, 4) is 0 Å². The standard InChI is InChI=1S/C15H16FN/c16-13-5-4-11-2-1-3-14(15(11)10-13)12-6-8-17-9-7-12/h1-5,10,12,17H,6-9H2. The minimum atomic E-state index is -0.140. The van der Waals surface area contributed by atoms with Gasteiger partial charge in [0.05, 0.1) is 0 Å². The highest BCUT2D eigenvalue weighted by Crippen LogP contribution is 2.31. The van der Waals surface area contributed by atoms with Crippen LogP contribution in [0.4, 0.5) is 4.39 Å². The van der Waals surface area contributed by atoms with Crippen molar-refractivity contribution in [2.75, 3.05) is 13.1 Å². The van der Waals surface area contributed by atoms with Gasteiger partial charge in [0.25, 0.3) is 0 Å². The second-order valence-corrected chi connectivity index (χ2v) is 4.74. The highest BCUT2D eigenvalue weighted by molar-refractivity contribution is 5.86. The van der Waals surface area contributed by atoms with Crippen LogP contribution in [0.3, 0.4) is 0 Å². The molecule has 1 fully saturated rings. The van der Waals surface area contributed by atoms with E-state index in [0.717, 1.165) is 36.7 Å². The lowest BCUT2D eigenvalue weighted by Gasteiger charge is -2.24. The quantitative estimate of drug-likeness (QED) is 0.789. The fraction of sp³-hybridized carbons (Fsp3) is 0.333. The van der Waals surface area contributed by atoms with Crippen LogP contribution in [-0.2, 0) is 0 Å². The molecular formula is C15H16FN. The predicted molar refractivity (Wildman–Crippen MR) is 68.8 cm³/mol. The van der Waals surface area contributed by atoms with Crippen LogP contribution in [0.5, 0.6) is 0 Å². The van der Waals surface area contributed by atoms with E-state index in [1.165, 1.54) is 11.6 Å². The monoisotopic (exact) mass is 229 g/mol. The number of rotatable bonds is 1. The number of benzene rings is 2. The van der Waals surface area contributed by atoms with Gasteiger partial charge in [-0.1, -0.05) is 24.3 Å². The summed E-state index contributed by atoms with van der Waals surface area (Å²) in [6.45, 7) is 2.13. The third-order valence-corrected chi connectivity index (χ3v) is 3.66. The first kappa shape index (κ1) is 10.7. The summed E-state index contributed by atoms with van der Waals surface area (Å²) in [6.07, 6.45) is 2.30. The first-order chi connectivity index (χ1) is 8.34. The normalized spacial score (nSPS) is 17.5. The molecule has 1 saturated heterocycles. The summed E-state index contributed by atoms with van der Waals surface area (Å²) >= 11 is 0. The topological polar surface area (TPSA) is 12.0 Å². The van der Waals surface area contributed by atoms with E-state index in [9.17, 15) is 4.39 Å². The molecule has 0 bridgehead atoms. The van der Waals surface area contributed by atoms with Gasteiger partial charge >= 0.3 is 0 Å². The van der Waals surface area contributed by atoms with E-state index in [0.29, 0.717) is 5.92 Å². The van der Waals surface area contributed by atoms with Crippen LogP contribution < -0.4 is 5.32 Å². The second kappa shape index (κ2) is 4.46. The van der Waals surface area contributed by atoms with Crippen LogP contribution in [0.15, 0.2) is 36.4 Å². The van der Waals surface area contributed by atoms with Crippen molar-refractivity contribution in [2.45, 2.75) is 18.8 Å². The molecule has 3 rings (SSSR count). The smallest absolute Gasteiger partial charge is 0.123 e. The van der Waals surface area contributed by atoms with E-state index in [4.69, 9.17) is 0 Å². The molecule has 0 atom stereocenters. The first-order valence-electron chi connectivity index (χ1n) is 6.23. The number of hydrogen-bond donors (Lipinski definition) is 1. The van der Waals surface area contributed by atoms with Crippen molar-refractivity contribution in [1.29, 1.82) is 0 Å². The molecule has 1 aliphatic rings. The van der Waals surface area contributed by atoms with Gasteiger partial charge in [-0.05, 0) is 60.3 Å². The van der Waals surface area contributed by atoms with Crippen molar-refractivity contribution >= 4 is 10.8 Å². The van der Waals surface area contributed by atoms with E-state index in [2.05, 4.69) is 23.5 Å². The van der Waals surface area contributed by atoms with Gasteiger partial charge in [0.2, 0.25) is 0 Å². The maximum atomic E-state index is 13.4. The summed E-state index contributed by atoms with van der Waals surface area (Å²) in [4.78, 5) is 0. The lowest BCUT2D eigenvalue weighted by Crippen LogP contribution is -2.26. The Labute approximate surface area is 101 Å². The number of halogens is 1. The van der Waals surface area contributed by atoms with Crippen molar-refractivity contribution in [1.82, 2.24) is 5.32 Å². The fourth-order valence-corrected chi connectivity index (χ4v) is 2.76. The molecule has 0 unspecified atom stereocenters. The lowest BCUT2D eigenvalue weighted by atomic mass is 9.87. The molecule has 0 aliphatic carbocycles.